The van der Waals surface area contributed by atoms with E-state index in [4.69, 9.17) is 21.1 Å². The van der Waals surface area contributed by atoms with Gasteiger partial charge in [-0.25, -0.2) is 4.39 Å². The van der Waals surface area contributed by atoms with Crippen LogP contribution in [-0.2, 0) is 16.0 Å². The van der Waals surface area contributed by atoms with Crippen LogP contribution in [0.4, 0.5) is 4.39 Å². The van der Waals surface area contributed by atoms with Gasteiger partial charge < -0.3 is 14.6 Å². The Kier molecular flexibility index (Phi) is 4.41. The molecule has 5 rings (SSSR count). The molecule has 0 radical (unpaired) electrons. The summed E-state index contributed by atoms with van der Waals surface area (Å²) in [6.45, 7) is 2.00. The van der Waals surface area contributed by atoms with Gasteiger partial charge in [-0.2, -0.15) is 0 Å². The molecule has 6 heteroatoms. The molecule has 0 aromatic heterocycles. The molecule has 2 aromatic rings. The van der Waals surface area contributed by atoms with E-state index < -0.39 is 5.82 Å². The van der Waals surface area contributed by atoms with Gasteiger partial charge in [-0.05, 0) is 54.7 Å². The van der Waals surface area contributed by atoms with E-state index in [-0.39, 0.29) is 40.6 Å². The lowest BCUT2D eigenvalue weighted by Gasteiger charge is -2.19. The second kappa shape index (κ2) is 6.85. The highest BCUT2D eigenvalue weighted by atomic mass is 35.5. The first kappa shape index (κ1) is 18.6. The first-order valence-corrected chi connectivity index (χ1v) is 10.2. The lowest BCUT2D eigenvalue weighted by molar-refractivity contribution is -0.118. The molecule has 4 nitrogen and oxygen atoms in total. The lowest BCUT2D eigenvalue weighted by atomic mass is 9.80. The van der Waals surface area contributed by atoms with Crippen molar-refractivity contribution in [2.45, 2.75) is 38.4 Å². The quantitative estimate of drug-likeness (QED) is 0.719. The summed E-state index contributed by atoms with van der Waals surface area (Å²) in [6, 6.07) is 9.63. The molecule has 0 amide bonds. The van der Waals surface area contributed by atoms with Crippen molar-refractivity contribution in [2.75, 3.05) is 0 Å². The summed E-state index contributed by atoms with van der Waals surface area (Å²) >= 11 is 5.73. The summed E-state index contributed by atoms with van der Waals surface area (Å²) in [5.74, 6) is -0.242. The SMILES string of the molecule is CCc1ccc(Oc2ccc(Cl)c(F)c2)cc1C1=C(O)[C@H]2[C@@H](C1=O)[C@H]1CC[C@@H]2O1. The molecule has 0 saturated carbocycles. The number of allylic oxidation sites excluding steroid dienone is 1. The first-order valence-electron chi connectivity index (χ1n) is 9.87. The van der Waals surface area contributed by atoms with Crippen LogP contribution in [0.15, 0.2) is 42.2 Å². The highest BCUT2D eigenvalue weighted by Crippen LogP contribution is 2.54. The Hall–Kier alpha value is -2.37. The van der Waals surface area contributed by atoms with E-state index in [1.165, 1.54) is 12.1 Å². The Morgan fingerprint density at radius 3 is 2.52 bits per heavy atom. The van der Waals surface area contributed by atoms with Crippen molar-refractivity contribution in [3.8, 4) is 11.5 Å². The highest BCUT2D eigenvalue weighted by molar-refractivity contribution is 6.30. The summed E-state index contributed by atoms with van der Waals surface area (Å²) in [5, 5.41) is 11.0. The maximum absolute atomic E-state index is 13.7. The Morgan fingerprint density at radius 2 is 1.83 bits per heavy atom. The fourth-order valence-corrected chi connectivity index (χ4v) is 5.04. The number of Topliss-reactive ketones (excluding diaryl/α,β-unsaturated/α-hetero) is 1. The third-order valence-corrected chi connectivity index (χ3v) is 6.56. The number of carbonyl (C=O) groups is 1. The molecule has 2 fully saturated rings. The lowest BCUT2D eigenvalue weighted by Crippen LogP contribution is -2.29. The van der Waals surface area contributed by atoms with E-state index in [1.807, 2.05) is 13.0 Å². The average molecular weight is 415 g/mol. The van der Waals surface area contributed by atoms with Gasteiger partial charge in [0.2, 0.25) is 0 Å². The zero-order valence-electron chi connectivity index (χ0n) is 15.8. The van der Waals surface area contributed by atoms with Crippen LogP contribution in [0.1, 0.15) is 30.9 Å². The third-order valence-electron chi connectivity index (χ3n) is 6.25. The molecule has 0 spiro atoms. The number of benzene rings is 2. The van der Waals surface area contributed by atoms with Gasteiger partial charge in [0, 0.05) is 6.07 Å². The fourth-order valence-electron chi connectivity index (χ4n) is 4.92. The molecule has 1 N–H and O–H groups in total. The standard InChI is InChI=1S/C23H20ClFO4/c1-2-11-3-4-12(28-13-5-6-15(24)16(25)10-13)9-14(11)19-22(26)20-17-7-8-18(29-17)21(20)23(19)27/h3-6,9-10,17-18,20-21,26H,2,7-8H2,1H3/t17-,18+,20+,21-/m0/s1. The molecule has 150 valence electrons. The van der Waals surface area contributed by atoms with Gasteiger partial charge in [-0.3, -0.25) is 4.79 Å². The van der Waals surface area contributed by atoms with Crippen molar-refractivity contribution in [1.82, 2.24) is 0 Å². The Bertz CT molecular complexity index is 1050. The zero-order valence-corrected chi connectivity index (χ0v) is 16.6. The number of halogens is 2. The predicted octanol–water partition coefficient (Wildman–Crippen LogP) is 5.48. The van der Waals surface area contributed by atoms with Crippen molar-refractivity contribution in [3.05, 3.63) is 64.1 Å². The van der Waals surface area contributed by atoms with E-state index >= 15 is 0 Å². The molecule has 2 aromatic carbocycles. The number of aryl methyl sites for hydroxylation is 1. The van der Waals surface area contributed by atoms with Crippen LogP contribution < -0.4 is 4.74 Å². The maximum Gasteiger partial charge on any atom is 0.173 e. The van der Waals surface area contributed by atoms with Crippen LogP contribution >= 0.6 is 11.6 Å². The third kappa shape index (κ3) is 2.87. The fraction of sp³-hybridized carbons (Fsp3) is 0.348. The van der Waals surface area contributed by atoms with E-state index in [1.54, 1.807) is 18.2 Å². The highest BCUT2D eigenvalue weighted by Gasteiger charge is 2.59. The minimum atomic E-state index is -0.566. The van der Waals surface area contributed by atoms with Gasteiger partial charge in [-0.15, -0.1) is 0 Å². The number of aliphatic hydroxyl groups is 1. The molecule has 4 atom stereocenters. The van der Waals surface area contributed by atoms with Gasteiger partial charge in [0.1, 0.15) is 23.1 Å². The van der Waals surface area contributed by atoms with Gasteiger partial charge in [0.15, 0.2) is 5.78 Å². The van der Waals surface area contributed by atoms with E-state index in [0.717, 1.165) is 18.4 Å². The van der Waals surface area contributed by atoms with Crippen LogP contribution in [0.2, 0.25) is 5.02 Å². The zero-order chi connectivity index (χ0) is 20.3. The molecular weight excluding hydrogens is 395 g/mol. The van der Waals surface area contributed by atoms with Gasteiger partial charge in [-0.1, -0.05) is 24.6 Å². The molecule has 29 heavy (non-hydrogen) atoms. The minimum Gasteiger partial charge on any atom is -0.511 e. The predicted molar refractivity (Wildman–Crippen MR) is 107 cm³/mol. The summed E-state index contributed by atoms with van der Waals surface area (Å²) in [7, 11) is 0. The van der Waals surface area contributed by atoms with Crippen molar-refractivity contribution in [3.63, 3.8) is 0 Å². The van der Waals surface area contributed by atoms with Crippen molar-refractivity contribution in [1.29, 1.82) is 0 Å². The van der Waals surface area contributed by atoms with Gasteiger partial charge in [0.05, 0.1) is 34.6 Å². The van der Waals surface area contributed by atoms with Crippen LogP contribution in [-0.4, -0.2) is 23.1 Å². The number of ketones is 1. The minimum absolute atomic E-state index is 0.0226. The van der Waals surface area contributed by atoms with Crippen molar-refractivity contribution in [2.24, 2.45) is 11.8 Å². The van der Waals surface area contributed by atoms with Gasteiger partial charge in [0.25, 0.3) is 0 Å². The number of carbonyl (C=O) groups excluding carboxylic acids is 1. The Labute approximate surface area is 172 Å². The van der Waals surface area contributed by atoms with Crippen LogP contribution in [0.25, 0.3) is 5.57 Å². The summed E-state index contributed by atoms with van der Waals surface area (Å²) in [6.07, 6.45) is 2.27. The molecule has 2 aliphatic heterocycles. The van der Waals surface area contributed by atoms with Crippen molar-refractivity contribution >= 4 is 23.0 Å². The Balaban J connectivity index is 1.53. The largest absolute Gasteiger partial charge is 0.511 e. The molecular formula is C23H20ClFO4. The number of fused-ring (bicyclic) bond motifs is 5. The molecule has 0 unspecified atom stereocenters. The van der Waals surface area contributed by atoms with Crippen LogP contribution in [0.5, 0.6) is 11.5 Å². The Morgan fingerprint density at radius 1 is 1.14 bits per heavy atom. The normalized spacial score (nSPS) is 27.6. The summed E-state index contributed by atoms with van der Waals surface area (Å²) < 4.78 is 25.4. The summed E-state index contributed by atoms with van der Waals surface area (Å²) in [4.78, 5) is 13.2. The molecule has 2 heterocycles. The second-order valence-corrected chi connectivity index (χ2v) is 8.22. The van der Waals surface area contributed by atoms with Crippen LogP contribution in [0.3, 0.4) is 0 Å². The molecule has 2 bridgehead atoms. The van der Waals surface area contributed by atoms with Crippen LogP contribution in [0, 0.1) is 17.7 Å². The molecule has 3 aliphatic rings. The van der Waals surface area contributed by atoms with Gasteiger partial charge >= 0.3 is 0 Å². The second-order valence-electron chi connectivity index (χ2n) is 7.82. The number of ether oxygens (including phenoxy) is 2. The average Bonchev–Trinajstić information content (AvgIpc) is 3.39. The first-order chi connectivity index (χ1) is 14.0. The topological polar surface area (TPSA) is 55.8 Å². The number of rotatable bonds is 4. The van der Waals surface area contributed by atoms with E-state index in [0.29, 0.717) is 29.1 Å². The van der Waals surface area contributed by atoms with E-state index in [9.17, 15) is 14.3 Å². The number of aliphatic hydroxyl groups excluding tert-OH is 1. The number of hydrogen-bond acceptors (Lipinski definition) is 4. The molecule has 2 saturated heterocycles. The number of hydrogen-bond donors (Lipinski definition) is 1. The maximum atomic E-state index is 13.7. The smallest absolute Gasteiger partial charge is 0.173 e. The van der Waals surface area contributed by atoms with E-state index in [2.05, 4.69) is 0 Å². The summed E-state index contributed by atoms with van der Waals surface area (Å²) in [5.41, 5.74) is 2.00. The van der Waals surface area contributed by atoms with Crippen molar-refractivity contribution < 1.29 is 23.8 Å². The monoisotopic (exact) mass is 414 g/mol. The molecule has 1 aliphatic carbocycles.